The number of rotatable bonds is 2. The van der Waals surface area contributed by atoms with Gasteiger partial charge < -0.3 is 0 Å². The van der Waals surface area contributed by atoms with Gasteiger partial charge in [0, 0.05) is 18.0 Å². The van der Waals surface area contributed by atoms with E-state index in [1.807, 2.05) is 19.3 Å². The Kier molecular flexibility index (Phi) is 3.09. The summed E-state index contributed by atoms with van der Waals surface area (Å²) in [5, 5.41) is 4.28. The van der Waals surface area contributed by atoms with Gasteiger partial charge in [-0.05, 0) is 25.7 Å². The first-order valence-electron chi connectivity index (χ1n) is 6.68. The Morgan fingerprint density at radius 1 is 1.28 bits per heavy atom. The van der Waals surface area contributed by atoms with Crippen molar-refractivity contribution in [1.29, 1.82) is 0 Å². The highest BCUT2D eigenvalue weighted by Gasteiger charge is 2.09. The minimum absolute atomic E-state index is 0.669. The third kappa shape index (κ3) is 2.42. The molecule has 94 valence electrons. The molecule has 2 heterocycles. The Morgan fingerprint density at radius 3 is 2.94 bits per heavy atom. The fraction of sp³-hybridized carbons (Fsp3) is 0.500. The van der Waals surface area contributed by atoms with Crippen LogP contribution in [0.5, 0.6) is 0 Å². The van der Waals surface area contributed by atoms with Gasteiger partial charge in [-0.1, -0.05) is 31.4 Å². The van der Waals surface area contributed by atoms with Crippen LogP contribution < -0.4 is 0 Å². The van der Waals surface area contributed by atoms with Gasteiger partial charge in [-0.15, -0.1) is 0 Å². The molecule has 2 aromatic heterocycles. The zero-order chi connectivity index (χ0) is 12.4. The largest absolute Gasteiger partial charge is 0.252 e. The molecular weight excluding hydrogens is 224 g/mol. The summed E-state index contributed by atoms with van der Waals surface area (Å²) in [7, 11) is 0. The number of aromatic nitrogens is 4. The molecule has 3 rings (SSSR count). The van der Waals surface area contributed by atoms with E-state index >= 15 is 0 Å². The summed E-state index contributed by atoms with van der Waals surface area (Å²) in [5.74, 6) is 2.17. The van der Waals surface area contributed by atoms with E-state index in [1.54, 1.807) is 4.52 Å². The molecule has 1 aliphatic rings. The molecule has 0 radical (unpaired) electrons. The Labute approximate surface area is 107 Å². The van der Waals surface area contributed by atoms with E-state index < -0.39 is 0 Å². The molecule has 0 saturated heterocycles. The minimum atomic E-state index is 0.669. The number of aryl methyl sites for hydroxylation is 1. The van der Waals surface area contributed by atoms with Gasteiger partial charge in [0.25, 0.3) is 5.78 Å². The van der Waals surface area contributed by atoms with Crippen LogP contribution in [0.2, 0.25) is 0 Å². The fourth-order valence-corrected chi connectivity index (χ4v) is 2.56. The molecule has 0 spiro atoms. The van der Waals surface area contributed by atoms with Crippen molar-refractivity contribution in [3.05, 3.63) is 29.9 Å². The maximum absolute atomic E-state index is 4.30. The van der Waals surface area contributed by atoms with Gasteiger partial charge in [-0.2, -0.15) is 10.1 Å². The molecule has 2 aromatic rings. The van der Waals surface area contributed by atoms with Gasteiger partial charge in [0.05, 0.1) is 0 Å². The van der Waals surface area contributed by atoms with E-state index in [1.165, 1.54) is 32.1 Å². The van der Waals surface area contributed by atoms with Crippen LogP contribution in [0.3, 0.4) is 0 Å². The maximum atomic E-state index is 4.30. The average Bonchev–Trinajstić information content (AvgIpc) is 2.77. The lowest BCUT2D eigenvalue weighted by atomic mass is 9.89. The summed E-state index contributed by atoms with van der Waals surface area (Å²) in [4.78, 5) is 8.52. The third-order valence-corrected chi connectivity index (χ3v) is 3.53. The molecular formula is C14H18N4. The standard InChI is InChI=1S/C14H18N4/c1-11-16-14-15-9-13(10-18(14)17-11)8-7-12-5-3-2-4-6-12/h7-10,12H,2-6H2,1H3. The lowest BCUT2D eigenvalue weighted by Crippen LogP contribution is -2.02. The summed E-state index contributed by atoms with van der Waals surface area (Å²) in [6, 6.07) is 0. The van der Waals surface area contributed by atoms with Crippen molar-refractivity contribution >= 4 is 11.9 Å². The highest BCUT2D eigenvalue weighted by atomic mass is 15.3. The van der Waals surface area contributed by atoms with Crippen molar-refractivity contribution in [2.45, 2.75) is 39.0 Å². The first-order valence-corrected chi connectivity index (χ1v) is 6.68. The number of hydrogen-bond acceptors (Lipinski definition) is 3. The first-order chi connectivity index (χ1) is 8.81. The van der Waals surface area contributed by atoms with Crippen LogP contribution in [0, 0.1) is 12.8 Å². The zero-order valence-electron chi connectivity index (χ0n) is 10.7. The molecule has 0 aliphatic heterocycles. The molecule has 0 bridgehead atoms. The SMILES string of the molecule is Cc1nc2ncc(C=CC3CCCCC3)cn2n1. The Bertz CT molecular complexity index is 564. The molecule has 0 amide bonds. The van der Waals surface area contributed by atoms with Gasteiger partial charge in [0.2, 0.25) is 0 Å². The van der Waals surface area contributed by atoms with Crippen molar-refractivity contribution in [2.75, 3.05) is 0 Å². The molecule has 18 heavy (non-hydrogen) atoms. The van der Waals surface area contributed by atoms with Crippen LogP contribution in [0.15, 0.2) is 18.5 Å². The number of hydrogen-bond donors (Lipinski definition) is 0. The van der Waals surface area contributed by atoms with Gasteiger partial charge >= 0.3 is 0 Å². The molecule has 1 fully saturated rings. The highest BCUT2D eigenvalue weighted by molar-refractivity contribution is 5.48. The van der Waals surface area contributed by atoms with E-state index in [0.717, 1.165) is 17.3 Å². The number of fused-ring (bicyclic) bond motifs is 1. The van der Waals surface area contributed by atoms with Crippen LogP contribution in [0.25, 0.3) is 11.9 Å². The van der Waals surface area contributed by atoms with Crippen molar-refractivity contribution < 1.29 is 0 Å². The lowest BCUT2D eigenvalue weighted by Gasteiger charge is -2.17. The Hall–Kier alpha value is -1.71. The summed E-state index contributed by atoms with van der Waals surface area (Å²) in [5.41, 5.74) is 1.10. The van der Waals surface area contributed by atoms with E-state index in [4.69, 9.17) is 0 Å². The second kappa shape index (κ2) is 4.88. The fourth-order valence-electron chi connectivity index (χ4n) is 2.56. The minimum Gasteiger partial charge on any atom is -0.219 e. The van der Waals surface area contributed by atoms with Crippen molar-refractivity contribution in [3.8, 4) is 0 Å². The monoisotopic (exact) mass is 242 g/mol. The molecule has 1 saturated carbocycles. The van der Waals surface area contributed by atoms with Crippen molar-refractivity contribution in [3.63, 3.8) is 0 Å². The normalized spacial score (nSPS) is 17.8. The molecule has 0 N–H and O–H groups in total. The van der Waals surface area contributed by atoms with E-state index in [0.29, 0.717) is 5.78 Å². The van der Waals surface area contributed by atoms with E-state index in [-0.39, 0.29) is 0 Å². The Morgan fingerprint density at radius 2 is 2.11 bits per heavy atom. The second-order valence-corrected chi connectivity index (χ2v) is 5.05. The molecule has 0 unspecified atom stereocenters. The van der Waals surface area contributed by atoms with Crippen LogP contribution in [-0.4, -0.2) is 19.6 Å². The average molecular weight is 242 g/mol. The predicted molar refractivity (Wildman–Crippen MR) is 71.1 cm³/mol. The molecule has 4 nitrogen and oxygen atoms in total. The summed E-state index contributed by atoms with van der Waals surface area (Å²) >= 11 is 0. The molecule has 0 atom stereocenters. The van der Waals surface area contributed by atoms with Crippen molar-refractivity contribution in [1.82, 2.24) is 19.6 Å². The van der Waals surface area contributed by atoms with Gasteiger partial charge in [-0.25, -0.2) is 9.50 Å². The number of nitrogens with zero attached hydrogens (tertiary/aromatic N) is 4. The maximum Gasteiger partial charge on any atom is 0.252 e. The van der Waals surface area contributed by atoms with Crippen molar-refractivity contribution in [2.24, 2.45) is 5.92 Å². The van der Waals surface area contributed by atoms with E-state index in [2.05, 4.69) is 27.2 Å². The van der Waals surface area contributed by atoms with Gasteiger partial charge in [0.15, 0.2) is 0 Å². The Balaban J connectivity index is 1.78. The molecule has 1 aliphatic carbocycles. The second-order valence-electron chi connectivity index (χ2n) is 5.05. The van der Waals surface area contributed by atoms with Crippen LogP contribution in [-0.2, 0) is 0 Å². The molecule has 0 aromatic carbocycles. The van der Waals surface area contributed by atoms with Gasteiger partial charge in [-0.3, -0.25) is 0 Å². The first kappa shape index (κ1) is 11.4. The number of allylic oxidation sites excluding steroid dienone is 1. The predicted octanol–water partition coefficient (Wildman–Crippen LogP) is 3.03. The van der Waals surface area contributed by atoms with Crippen LogP contribution in [0.4, 0.5) is 0 Å². The topological polar surface area (TPSA) is 43.1 Å². The summed E-state index contributed by atoms with van der Waals surface area (Å²) in [6.45, 7) is 1.88. The quantitative estimate of drug-likeness (QED) is 0.813. The van der Waals surface area contributed by atoms with Crippen LogP contribution >= 0.6 is 0 Å². The van der Waals surface area contributed by atoms with Gasteiger partial charge in [0.1, 0.15) is 5.82 Å². The summed E-state index contributed by atoms with van der Waals surface area (Å²) < 4.78 is 1.75. The van der Waals surface area contributed by atoms with Crippen LogP contribution in [0.1, 0.15) is 43.5 Å². The zero-order valence-corrected chi connectivity index (χ0v) is 10.7. The van der Waals surface area contributed by atoms with E-state index in [9.17, 15) is 0 Å². The summed E-state index contributed by atoms with van der Waals surface area (Å²) in [6.07, 6.45) is 15.1. The smallest absolute Gasteiger partial charge is 0.219 e. The highest BCUT2D eigenvalue weighted by Crippen LogP contribution is 2.25. The third-order valence-electron chi connectivity index (χ3n) is 3.53. The molecule has 4 heteroatoms. The lowest BCUT2D eigenvalue weighted by molar-refractivity contribution is 0.420.